The zero-order chi connectivity index (χ0) is 18.6. The summed E-state index contributed by atoms with van der Waals surface area (Å²) in [5.41, 5.74) is 0. The van der Waals surface area contributed by atoms with Crippen molar-refractivity contribution >= 4 is 15.7 Å². The van der Waals surface area contributed by atoms with Gasteiger partial charge in [-0.3, -0.25) is 4.79 Å². The molecule has 0 radical (unpaired) electrons. The molecule has 0 aromatic heterocycles. The third kappa shape index (κ3) is 3.83. The Bertz CT molecular complexity index is 867. The summed E-state index contributed by atoms with van der Waals surface area (Å²) < 4.78 is 36.1. The predicted molar refractivity (Wildman–Crippen MR) is 97.1 cm³/mol. The molecule has 1 aliphatic rings. The monoisotopic (exact) mass is 375 g/mol. The lowest BCUT2D eigenvalue weighted by molar-refractivity contribution is -0.132. The maximum atomic E-state index is 12.7. The van der Waals surface area contributed by atoms with Gasteiger partial charge in [-0.05, 0) is 30.7 Å². The van der Waals surface area contributed by atoms with Gasteiger partial charge in [-0.15, -0.1) is 0 Å². The number of benzene rings is 2. The van der Waals surface area contributed by atoms with Crippen LogP contribution in [0.1, 0.15) is 6.42 Å². The number of hydrogen-bond acceptors (Lipinski definition) is 5. The molecule has 1 aliphatic heterocycles. The lowest BCUT2D eigenvalue weighted by Crippen LogP contribution is -2.35. The van der Waals surface area contributed by atoms with E-state index in [0.717, 1.165) is 0 Å². The van der Waals surface area contributed by atoms with E-state index < -0.39 is 15.1 Å². The Hall–Kier alpha value is -2.54. The molecule has 1 amide bonds. The molecule has 3 rings (SSSR count). The first-order valence-electron chi connectivity index (χ1n) is 8.35. The molecule has 138 valence electrons. The molecule has 1 unspecified atom stereocenters. The summed E-state index contributed by atoms with van der Waals surface area (Å²) in [7, 11) is -1.91. The SMILES string of the molecule is COc1ccccc1OCC(=O)N1CCC(S(=O)(=O)c2ccccc2)C1. The molecule has 1 fully saturated rings. The molecule has 0 N–H and O–H groups in total. The number of ether oxygens (including phenoxy) is 2. The molecule has 7 heteroatoms. The van der Waals surface area contributed by atoms with Gasteiger partial charge in [0.1, 0.15) is 0 Å². The Balaban J connectivity index is 1.61. The van der Waals surface area contributed by atoms with Gasteiger partial charge in [0.05, 0.1) is 17.3 Å². The van der Waals surface area contributed by atoms with E-state index in [1.807, 2.05) is 6.07 Å². The van der Waals surface area contributed by atoms with Crippen LogP contribution < -0.4 is 9.47 Å². The van der Waals surface area contributed by atoms with Gasteiger partial charge in [0.25, 0.3) is 5.91 Å². The van der Waals surface area contributed by atoms with Crippen LogP contribution in [-0.2, 0) is 14.6 Å². The first kappa shape index (κ1) is 18.3. The van der Waals surface area contributed by atoms with Crippen LogP contribution in [0.2, 0.25) is 0 Å². The fourth-order valence-corrected chi connectivity index (χ4v) is 4.69. The summed E-state index contributed by atoms with van der Waals surface area (Å²) in [5.74, 6) is 0.795. The van der Waals surface area contributed by atoms with Crippen LogP contribution in [0, 0.1) is 0 Å². The van der Waals surface area contributed by atoms with E-state index in [0.29, 0.717) is 29.4 Å². The van der Waals surface area contributed by atoms with Crippen molar-refractivity contribution in [3.8, 4) is 11.5 Å². The molecule has 2 aromatic carbocycles. The van der Waals surface area contributed by atoms with E-state index in [4.69, 9.17) is 9.47 Å². The number of carbonyl (C=O) groups excluding carboxylic acids is 1. The minimum Gasteiger partial charge on any atom is -0.493 e. The highest BCUT2D eigenvalue weighted by Crippen LogP contribution is 2.27. The Labute approximate surface area is 153 Å². The number of carbonyl (C=O) groups is 1. The molecule has 1 heterocycles. The topological polar surface area (TPSA) is 72.9 Å². The largest absolute Gasteiger partial charge is 0.493 e. The minimum atomic E-state index is -3.44. The van der Waals surface area contributed by atoms with Crippen molar-refractivity contribution in [2.24, 2.45) is 0 Å². The Morgan fingerprint density at radius 3 is 2.42 bits per heavy atom. The Morgan fingerprint density at radius 1 is 1.08 bits per heavy atom. The van der Waals surface area contributed by atoms with Crippen LogP contribution in [0.25, 0.3) is 0 Å². The summed E-state index contributed by atoms with van der Waals surface area (Å²) in [4.78, 5) is 14.2. The summed E-state index contributed by atoms with van der Waals surface area (Å²) in [6, 6.07) is 15.4. The number of sulfone groups is 1. The molecule has 1 saturated heterocycles. The average Bonchev–Trinajstić information content (AvgIpc) is 3.18. The van der Waals surface area contributed by atoms with Crippen LogP contribution in [0.5, 0.6) is 11.5 Å². The van der Waals surface area contributed by atoms with Crippen molar-refractivity contribution in [1.29, 1.82) is 0 Å². The third-order valence-electron chi connectivity index (χ3n) is 4.43. The molecule has 0 spiro atoms. The minimum absolute atomic E-state index is 0.154. The number of rotatable bonds is 6. The van der Waals surface area contributed by atoms with E-state index in [1.54, 1.807) is 53.4 Å². The van der Waals surface area contributed by atoms with E-state index >= 15 is 0 Å². The number of likely N-dealkylation sites (tertiary alicyclic amines) is 1. The normalized spacial score (nSPS) is 17.1. The molecule has 26 heavy (non-hydrogen) atoms. The molecule has 6 nitrogen and oxygen atoms in total. The second-order valence-corrected chi connectivity index (χ2v) is 8.28. The second kappa shape index (κ2) is 7.78. The van der Waals surface area contributed by atoms with Gasteiger partial charge in [-0.25, -0.2) is 8.42 Å². The van der Waals surface area contributed by atoms with E-state index in [9.17, 15) is 13.2 Å². The van der Waals surface area contributed by atoms with Gasteiger partial charge in [-0.1, -0.05) is 30.3 Å². The Kier molecular flexibility index (Phi) is 5.46. The van der Waals surface area contributed by atoms with E-state index in [1.165, 1.54) is 7.11 Å². The lowest BCUT2D eigenvalue weighted by atomic mass is 10.3. The number of nitrogens with zero attached hydrogens (tertiary/aromatic N) is 1. The van der Waals surface area contributed by atoms with Crippen molar-refractivity contribution < 1.29 is 22.7 Å². The average molecular weight is 375 g/mol. The molecule has 0 bridgehead atoms. The fourth-order valence-electron chi connectivity index (χ4n) is 2.98. The maximum absolute atomic E-state index is 12.7. The van der Waals surface area contributed by atoms with Gasteiger partial charge >= 0.3 is 0 Å². The number of para-hydroxylation sites is 2. The number of amides is 1. The zero-order valence-corrected chi connectivity index (χ0v) is 15.3. The molecular weight excluding hydrogens is 354 g/mol. The quantitative estimate of drug-likeness (QED) is 0.774. The van der Waals surface area contributed by atoms with Crippen LogP contribution in [0.15, 0.2) is 59.5 Å². The van der Waals surface area contributed by atoms with Gasteiger partial charge in [0, 0.05) is 13.1 Å². The summed E-state index contributed by atoms with van der Waals surface area (Å²) in [6.45, 7) is 0.439. The van der Waals surface area contributed by atoms with Crippen LogP contribution in [-0.4, -0.2) is 51.3 Å². The molecule has 0 saturated carbocycles. The lowest BCUT2D eigenvalue weighted by Gasteiger charge is -2.17. The maximum Gasteiger partial charge on any atom is 0.260 e. The highest BCUT2D eigenvalue weighted by Gasteiger charge is 2.36. The van der Waals surface area contributed by atoms with Crippen molar-refractivity contribution in [3.63, 3.8) is 0 Å². The van der Waals surface area contributed by atoms with Gasteiger partial charge < -0.3 is 14.4 Å². The number of hydrogen-bond donors (Lipinski definition) is 0. The fraction of sp³-hybridized carbons (Fsp3) is 0.316. The Morgan fingerprint density at radius 2 is 1.73 bits per heavy atom. The van der Waals surface area contributed by atoms with Crippen LogP contribution in [0.3, 0.4) is 0 Å². The van der Waals surface area contributed by atoms with Crippen LogP contribution in [0.4, 0.5) is 0 Å². The predicted octanol–water partition coefficient (Wildman–Crippen LogP) is 2.15. The highest BCUT2D eigenvalue weighted by atomic mass is 32.2. The zero-order valence-electron chi connectivity index (χ0n) is 14.5. The van der Waals surface area contributed by atoms with Crippen molar-refractivity contribution in [2.75, 3.05) is 26.8 Å². The van der Waals surface area contributed by atoms with Gasteiger partial charge in [0.15, 0.2) is 27.9 Å². The smallest absolute Gasteiger partial charge is 0.260 e. The summed E-state index contributed by atoms with van der Waals surface area (Å²) in [6.07, 6.45) is 0.428. The van der Waals surface area contributed by atoms with Crippen molar-refractivity contribution in [1.82, 2.24) is 4.90 Å². The first-order chi connectivity index (χ1) is 12.5. The summed E-state index contributed by atoms with van der Waals surface area (Å²) >= 11 is 0. The second-order valence-electron chi connectivity index (χ2n) is 6.05. The first-order valence-corrected chi connectivity index (χ1v) is 9.89. The third-order valence-corrected chi connectivity index (χ3v) is 6.62. The van der Waals surface area contributed by atoms with Gasteiger partial charge in [0.2, 0.25) is 0 Å². The van der Waals surface area contributed by atoms with E-state index in [2.05, 4.69) is 0 Å². The molecule has 1 atom stereocenters. The highest BCUT2D eigenvalue weighted by molar-refractivity contribution is 7.92. The standard InChI is InChI=1S/C19H21NO5S/c1-24-17-9-5-6-10-18(17)25-14-19(21)20-12-11-16(13-20)26(22,23)15-7-3-2-4-8-15/h2-10,16H,11-14H2,1H3. The molecule has 0 aliphatic carbocycles. The number of methoxy groups -OCH3 is 1. The molecular formula is C19H21NO5S. The van der Waals surface area contributed by atoms with Crippen molar-refractivity contribution in [3.05, 3.63) is 54.6 Å². The molecule has 2 aromatic rings. The summed E-state index contributed by atoms with van der Waals surface area (Å²) in [5, 5.41) is -0.583. The van der Waals surface area contributed by atoms with Gasteiger partial charge in [-0.2, -0.15) is 0 Å². The van der Waals surface area contributed by atoms with Crippen molar-refractivity contribution in [2.45, 2.75) is 16.6 Å². The van der Waals surface area contributed by atoms with Crippen LogP contribution >= 0.6 is 0 Å². The van der Waals surface area contributed by atoms with E-state index in [-0.39, 0.29) is 19.1 Å².